The molecule has 140 valence electrons. The maximum atomic E-state index is 8.79. The van der Waals surface area contributed by atoms with Gasteiger partial charge in [0.1, 0.15) is 17.7 Å². The van der Waals surface area contributed by atoms with E-state index in [1.807, 2.05) is 24.4 Å². The molecule has 0 saturated heterocycles. The second-order valence-electron chi connectivity index (χ2n) is 6.72. The van der Waals surface area contributed by atoms with Crippen LogP contribution in [-0.4, -0.2) is 18.0 Å². The lowest BCUT2D eigenvalue weighted by molar-refractivity contribution is 0.349. The van der Waals surface area contributed by atoms with E-state index in [4.69, 9.17) is 10.5 Å². The lowest BCUT2D eigenvalue weighted by Crippen LogP contribution is -2.20. The first kappa shape index (κ1) is 23.3. The molecule has 0 rings (SSSR count). The van der Waals surface area contributed by atoms with Gasteiger partial charge in [0.2, 0.25) is 0 Å². The molecular weight excluding hydrogens is 306 g/mol. The predicted molar refractivity (Wildman–Crippen MR) is 107 cm³/mol. The molecule has 0 atom stereocenters. The number of hydrogen-bond donors (Lipinski definition) is 0. The highest BCUT2D eigenvalue weighted by Crippen LogP contribution is 2.09. The molecule has 3 heteroatoms. The van der Waals surface area contributed by atoms with Gasteiger partial charge in [-0.1, -0.05) is 78.1 Å². The number of nitrogens with zero attached hydrogens (tertiary/aromatic N) is 3. The Hall–Kier alpha value is -1.74. The standard InChI is InChI=1S/C22H37N3/c1-3-5-7-9-11-13-17-25(18-14-12-10-8-6-4-2)19-15-16-22(20-23)21-24/h15-16,19H,3-14,17-18H2,1-2H3/b19-15+. The molecule has 0 aromatic rings. The second-order valence-corrected chi connectivity index (χ2v) is 6.72. The Morgan fingerprint density at radius 2 is 1.16 bits per heavy atom. The molecule has 0 aromatic heterocycles. The fraction of sp³-hybridized carbons (Fsp3) is 0.727. The fourth-order valence-electron chi connectivity index (χ4n) is 2.81. The van der Waals surface area contributed by atoms with Crippen LogP contribution in [0.5, 0.6) is 0 Å². The van der Waals surface area contributed by atoms with Crippen LogP contribution in [-0.2, 0) is 0 Å². The van der Waals surface area contributed by atoms with Gasteiger partial charge in [0, 0.05) is 13.1 Å². The highest BCUT2D eigenvalue weighted by atomic mass is 15.1. The highest BCUT2D eigenvalue weighted by molar-refractivity contribution is 5.37. The van der Waals surface area contributed by atoms with Crippen LogP contribution in [0, 0.1) is 22.7 Å². The van der Waals surface area contributed by atoms with Crippen molar-refractivity contribution in [2.24, 2.45) is 0 Å². The molecule has 0 bridgehead atoms. The Labute approximate surface area is 156 Å². The molecule has 0 fully saturated rings. The largest absolute Gasteiger partial charge is 0.377 e. The zero-order valence-corrected chi connectivity index (χ0v) is 16.5. The van der Waals surface area contributed by atoms with E-state index in [-0.39, 0.29) is 5.57 Å². The number of rotatable bonds is 16. The Morgan fingerprint density at radius 1 is 0.720 bits per heavy atom. The molecule has 0 aliphatic heterocycles. The SMILES string of the molecule is CCCCCCCCN(/C=C/C=C(C#N)C#N)CCCCCCCC. The van der Waals surface area contributed by atoms with Crippen LogP contribution in [0.3, 0.4) is 0 Å². The molecule has 3 nitrogen and oxygen atoms in total. The van der Waals surface area contributed by atoms with Gasteiger partial charge in [-0.05, 0) is 31.2 Å². The van der Waals surface area contributed by atoms with E-state index in [1.165, 1.54) is 77.0 Å². The molecule has 0 spiro atoms. The lowest BCUT2D eigenvalue weighted by Gasteiger charge is -2.20. The summed E-state index contributed by atoms with van der Waals surface area (Å²) >= 11 is 0. The summed E-state index contributed by atoms with van der Waals surface area (Å²) in [6.45, 7) is 6.63. The molecule has 0 aliphatic rings. The van der Waals surface area contributed by atoms with E-state index < -0.39 is 0 Å². The molecule has 0 unspecified atom stereocenters. The van der Waals surface area contributed by atoms with Crippen molar-refractivity contribution in [3.63, 3.8) is 0 Å². The number of hydrogen-bond acceptors (Lipinski definition) is 3. The third kappa shape index (κ3) is 15.5. The monoisotopic (exact) mass is 343 g/mol. The van der Waals surface area contributed by atoms with E-state index in [1.54, 1.807) is 6.08 Å². The maximum Gasteiger partial charge on any atom is 0.129 e. The fourth-order valence-corrected chi connectivity index (χ4v) is 2.81. The average Bonchev–Trinajstić information content (AvgIpc) is 2.63. The molecule has 0 saturated carbocycles. The smallest absolute Gasteiger partial charge is 0.129 e. The summed E-state index contributed by atoms with van der Waals surface area (Å²) in [5.74, 6) is 0. The van der Waals surface area contributed by atoms with Crippen molar-refractivity contribution in [2.45, 2.75) is 90.9 Å². The average molecular weight is 344 g/mol. The van der Waals surface area contributed by atoms with Crippen LogP contribution in [0.15, 0.2) is 23.9 Å². The summed E-state index contributed by atoms with van der Waals surface area (Å²) in [5.41, 5.74) is 0.162. The van der Waals surface area contributed by atoms with Crippen LogP contribution in [0.1, 0.15) is 90.9 Å². The Morgan fingerprint density at radius 3 is 1.60 bits per heavy atom. The van der Waals surface area contributed by atoms with E-state index in [0.717, 1.165) is 13.1 Å². The Balaban J connectivity index is 4.22. The Bertz CT molecular complexity index is 405. The molecule has 0 heterocycles. The lowest BCUT2D eigenvalue weighted by atomic mass is 10.1. The first-order chi connectivity index (χ1) is 12.3. The van der Waals surface area contributed by atoms with Gasteiger partial charge in [0.05, 0.1) is 0 Å². The van der Waals surface area contributed by atoms with Crippen molar-refractivity contribution in [1.29, 1.82) is 10.5 Å². The van der Waals surface area contributed by atoms with Gasteiger partial charge in [0.15, 0.2) is 0 Å². The van der Waals surface area contributed by atoms with E-state index in [9.17, 15) is 0 Å². The van der Waals surface area contributed by atoms with Gasteiger partial charge in [0.25, 0.3) is 0 Å². The van der Waals surface area contributed by atoms with Gasteiger partial charge >= 0.3 is 0 Å². The summed E-state index contributed by atoms with van der Waals surface area (Å²) in [4.78, 5) is 2.35. The van der Waals surface area contributed by atoms with Crippen molar-refractivity contribution in [2.75, 3.05) is 13.1 Å². The molecule has 0 aliphatic carbocycles. The maximum absolute atomic E-state index is 8.79. The zero-order chi connectivity index (χ0) is 18.6. The quantitative estimate of drug-likeness (QED) is 0.183. The summed E-state index contributed by atoms with van der Waals surface area (Å²) in [6.07, 6.45) is 21.1. The number of nitriles is 2. The van der Waals surface area contributed by atoms with Crippen molar-refractivity contribution in [1.82, 2.24) is 4.90 Å². The normalized spacial score (nSPS) is 10.4. The molecule has 25 heavy (non-hydrogen) atoms. The van der Waals surface area contributed by atoms with Gasteiger partial charge in [-0.15, -0.1) is 0 Å². The zero-order valence-electron chi connectivity index (χ0n) is 16.5. The van der Waals surface area contributed by atoms with Crippen LogP contribution in [0.25, 0.3) is 0 Å². The topological polar surface area (TPSA) is 50.8 Å². The van der Waals surface area contributed by atoms with Crippen LogP contribution >= 0.6 is 0 Å². The molecule has 0 aromatic carbocycles. The highest BCUT2D eigenvalue weighted by Gasteiger charge is 2.00. The minimum absolute atomic E-state index is 0.162. The number of unbranched alkanes of at least 4 members (excludes halogenated alkanes) is 10. The minimum Gasteiger partial charge on any atom is -0.377 e. The first-order valence-corrected chi connectivity index (χ1v) is 10.2. The van der Waals surface area contributed by atoms with Crippen LogP contribution in [0.2, 0.25) is 0 Å². The van der Waals surface area contributed by atoms with Crippen LogP contribution in [0.4, 0.5) is 0 Å². The number of allylic oxidation sites excluding steroid dienone is 3. The summed E-state index contributed by atoms with van der Waals surface area (Å²) in [6, 6.07) is 3.80. The van der Waals surface area contributed by atoms with Gasteiger partial charge < -0.3 is 4.90 Å². The van der Waals surface area contributed by atoms with Gasteiger partial charge in [-0.3, -0.25) is 0 Å². The van der Waals surface area contributed by atoms with Gasteiger partial charge in [-0.2, -0.15) is 10.5 Å². The molecule has 0 amide bonds. The molecule has 0 radical (unpaired) electrons. The van der Waals surface area contributed by atoms with E-state index in [2.05, 4.69) is 18.7 Å². The van der Waals surface area contributed by atoms with E-state index >= 15 is 0 Å². The third-order valence-electron chi connectivity index (χ3n) is 4.40. The van der Waals surface area contributed by atoms with Gasteiger partial charge in [-0.25, -0.2) is 0 Å². The van der Waals surface area contributed by atoms with Crippen molar-refractivity contribution < 1.29 is 0 Å². The third-order valence-corrected chi connectivity index (χ3v) is 4.40. The molecular formula is C22H37N3. The summed E-state index contributed by atoms with van der Waals surface area (Å²) in [7, 11) is 0. The van der Waals surface area contributed by atoms with Crippen molar-refractivity contribution in [3.05, 3.63) is 23.9 Å². The second kappa shape index (κ2) is 18.6. The van der Waals surface area contributed by atoms with Crippen molar-refractivity contribution >= 4 is 0 Å². The van der Waals surface area contributed by atoms with Crippen molar-refractivity contribution in [3.8, 4) is 12.1 Å². The molecule has 0 N–H and O–H groups in total. The van der Waals surface area contributed by atoms with Crippen LogP contribution < -0.4 is 0 Å². The Kier molecular flexibility index (Phi) is 17.3. The minimum atomic E-state index is 0.162. The summed E-state index contributed by atoms with van der Waals surface area (Å²) in [5, 5.41) is 17.6. The first-order valence-electron chi connectivity index (χ1n) is 10.2. The summed E-state index contributed by atoms with van der Waals surface area (Å²) < 4.78 is 0. The van der Waals surface area contributed by atoms with E-state index in [0.29, 0.717) is 0 Å². The predicted octanol–water partition coefficient (Wildman–Crippen LogP) is 6.50.